The van der Waals surface area contributed by atoms with Gasteiger partial charge in [-0.05, 0) is 60.4 Å². The summed E-state index contributed by atoms with van der Waals surface area (Å²) in [4.78, 5) is 31.0. The Bertz CT molecular complexity index is 1290. The Hall–Kier alpha value is -3.38. The molecule has 0 aliphatic carbocycles. The van der Waals surface area contributed by atoms with Gasteiger partial charge in [0.1, 0.15) is 0 Å². The molecule has 0 unspecified atom stereocenters. The van der Waals surface area contributed by atoms with Crippen LogP contribution in [0, 0.1) is 11.3 Å². The van der Waals surface area contributed by atoms with Gasteiger partial charge in [0.2, 0.25) is 0 Å². The van der Waals surface area contributed by atoms with E-state index in [0.29, 0.717) is 25.0 Å². The molecular weight excluding hydrogens is 472 g/mol. The molecule has 3 atom stereocenters. The SMILES string of the molecule is CN[C@@H]1CCN(C(=O)N2CC[C@@H](Cn3ccc(-c4ccccc4)cc3=O)C(C)(C)C2)[C@H](c2ccccc2)C1. The van der Waals surface area contributed by atoms with E-state index in [1.807, 2.05) is 65.2 Å². The minimum atomic E-state index is -0.100. The zero-order valence-corrected chi connectivity index (χ0v) is 22.8. The van der Waals surface area contributed by atoms with E-state index in [2.05, 4.69) is 48.3 Å². The Morgan fingerprint density at radius 1 is 0.947 bits per heavy atom. The highest BCUT2D eigenvalue weighted by Crippen LogP contribution is 2.38. The fraction of sp³-hybridized carbons (Fsp3) is 0.438. The number of carbonyl (C=O) groups is 1. The molecule has 1 aromatic heterocycles. The second-order valence-corrected chi connectivity index (χ2v) is 11.6. The predicted octanol–water partition coefficient (Wildman–Crippen LogP) is 5.41. The lowest BCUT2D eigenvalue weighted by atomic mass is 9.73. The summed E-state index contributed by atoms with van der Waals surface area (Å²) < 4.78 is 1.84. The quantitative estimate of drug-likeness (QED) is 0.497. The van der Waals surface area contributed by atoms with E-state index in [9.17, 15) is 9.59 Å². The molecule has 0 radical (unpaired) electrons. The number of hydrogen-bond acceptors (Lipinski definition) is 3. The van der Waals surface area contributed by atoms with E-state index < -0.39 is 0 Å². The van der Waals surface area contributed by atoms with Gasteiger partial charge in [-0.1, -0.05) is 74.5 Å². The first-order chi connectivity index (χ1) is 18.4. The molecule has 2 aliphatic heterocycles. The molecule has 2 saturated heterocycles. The highest BCUT2D eigenvalue weighted by atomic mass is 16.2. The molecular formula is C32H40N4O2. The maximum atomic E-state index is 13.9. The number of nitrogens with zero attached hydrogens (tertiary/aromatic N) is 3. The average Bonchev–Trinajstić information content (AvgIpc) is 2.95. The third kappa shape index (κ3) is 5.56. The molecule has 2 aliphatic rings. The second kappa shape index (κ2) is 11.2. The number of amides is 2. The molecule has 0 saturated carbocycles. The fourth-order valence-electron chi connectivity index (χ4n) is 6.24. The van der Waals surface area contributed by atoms with Gasteiger partial charge in [0.15, 0.2) is 0 Å². The summed E-state index contributed by atoms with van der Waals surface area (Å²) in [6, 6.07) is 24.8. The number of pyridine rings is 1. The van der Waals surface area contributed by atoms with Crippen molar-refractivity contribution in [3.63, 3.8) is 0 Å². The molecule has 5 rings (SSSR count). The lowest BCUT2D eigenvalue weighted by Crippen LogP contribution is -2.56. The lowest BCUT2D eigenvalue weighted by molar-refractivity contribution is 0.0383. The molecule has 1 N–H and O–H groups in total. The Labute approximate surface area is 226 Å². The van der Waals surface area contributed by atoms with Crippen LogP contribution in [0.25, 0.3) is 11.1 Å². The van der Waals surface area contributed by atoms with Crippen molar-refractivity contribution in [2.75, 3.05) is 26.7 Å². The minimum absolute atomic E-state index is 0.0266. The number of nitrogens with one attached hydrogen (secondary N) is 1. The summed E-state index contributed by atoms with van der Waals surface area (Å²) in [7, 11) is 2.01. The van der Waals surface area contributed by atoms with Gasteiger partial charge in [-0.3, -0.25) is 4.79 Å². The monoisotopic (exact) mass is 512 g/mol. The zero-order chi connectivity index (χ0) is 26.7. The number of carbonyl (C=O) groups excluding carboxylic acids is 1. The average molecular weight is 513 g/mol. The second-order valence-electron chi connectivity index (χ2n) is 11.6. The predicted molar refractivity (Wildman–Crippen MR) is 153 cm³/mol. The molecule has 2 aromatic carbocycles. The Kier molecular flexibility index (Phi) is 7.70. The standard InChI is InChI=1S/C32H40N4O2/c1-32(2)23-35(31(38)36-19-16-28(33-3)21-29(36)25-12-8-5-9-13-25)18-15-27(32)22-34-17-14-26(20-30(34)37)24-10-6-4-7-11-24/h4-14,17,20,27-29,33H,15-16,18-19,21-23H2,1-3H3/t27-,28+,29-/m0/s1. The van der Waals surface area contributed by atoms with E-state index >= 15 is 0 Å². The van der Waals surface area contributed by atoms with Crippen LogP contribution in [0.5, 0.6) is 0 Å². The number of urea groups is 1. The van der Waals surface area contributed by atoms with Crippen molar-refractivity contribution in [2.24, 2.45) is 11.3 Å². The van der Waals surface area contributed by atoms with E-state index in [-0.39, 0.29) is 23.0 Å². The van der Waals surface area contributed by atoms with Crippen molar-refractivity contribution in [2.45, 2.75) is 51.7 Å². The van der Waals surface area contributed by atoms with Gasteiger partial charge in [-0.2, -0.15) is 0 Å². The van der Waals surface area contributed by atoms with Crippen LogP contribution in [0.2, 0.25) is 0 Å². The van der Waals surface area contributed by atoms with Crippen LogP contribution in [0.4, 0.5) is 4.79 Å². The molecule has 2 fully saturated rings. The van der Waals surface area contributed by atoms with Crippen LogP contribution in [0.15, 0.2) is 83.8 Å². The van der Waals surface area contributed by atoms with Crippen LogP contribution >= 0.6 is 0 Å². The van der Waals surface area contributed by atoms with Crippen molar-refractivity contribution in [3.05, 3.63) is 94.9 Å². The van der Waals surface area contributed by atoms with Crippen LogP contribution < -0.4 is 10.9 Å². The van der Waals surface area contributed by atoms with Gasteiger partial charge in [0.25, 0.3) is 5.56 Å². The summed E-state index contributed by atoms with van der Waals surface area (Å²) in [6.45, 7) is 7.32. The summed E-state index contributed by atoms with van der Waals surface area (Å²) in [6.07, 6.45) is 4.70. The van der Waals surface area contributed by atoms with Crippen molar-refractivity contribution in [1.82, 2.24) is 19.7 Å². The minimum Gasteiger partial charge on any atom is -0.324 e. The molecule has 2 amide bonds. The van der Waals surface area contributed by atoms with E-state index in [1.165, 1.54) is 5.56 Å². The Morgan fingerprint density at radius 3 is 2.32 bits per heavy atom. The zero-order valence-electron chi connectivity index (χ0n) is 22.8. The van der Waals surface area contributed by atoms with E-state index in [4.69, 9.17) is 0 Å². The number of rotatable bonds is 5. The normalized spacial score (nSPS) is 23.3. The first-order valence-electron chi connectivity index (χ1n) is 13.9. The first kappa shape index (κ1) is 26.2. The summed E-state index contributed by atoms with van der Waals surface area (Å²) in [5.74, 6) is 0.312. The van der Waals surface area contributed by atoms with Crippen LogP contribution in [0.3, 0.4) is 0 Å². The van der Waals surface area contributed by atoms with Crippen molar-refractivity contribution < 1.29 is 4.79 Å². The Morgan fingerprint density at radius 2 is 1.66 bits per heavy atom. The number of hydrogen-bond donors (Lipinski definition) is 1. The number of benzene rings is 2. The maximum Gasteiger partial charge on any atom is 0.320 e. The van der Waals surface area contributed by atoms with Crippen molar-refractivity contribution >= 4 is 6.03 Å². The number of piperidine rings is 2. The van der Waals surface area contributed by atoms with Gasteiger partial charge < -0.3 is 19.7 Å². The smallest absolute Gasteiger partial charge is 0.320 e. The number of likely N-dealkylation sites (tertiary alicyclic amines) is 2. The summed E-state index contributed by atoms with van der Waals surface area (Å²) in [5.41, 5.74) is 3.13. The molecule has 6 heteroatoms. The first-order valence-corrected chi connectivity index (χ1v) is 13.9. The Balaban J connectivity index is 1.28. The fourth-order valence-corrected chi connectivity index (χ4v) is 6.24. The molecule has 3 aromatic rings. The number of aromatic nitrogens is 1. The summed E-state index contributed by atoms with van der Waals surface area (Å²) in [5, 5.41) is 3.42. The largest absolute Gasteiger partial charge is 0.324 e. The van der Waals surface area contributed by atoms with Gasteiger partial charge in [-0.25, -0.2) is 4.79 Å². The van der Waals surface area contributed by atoms with E-state index in [0.717, 1.165) is 43.5 Å². The van der Waals surface area contributed by atoms with Crippen LogP contribution in [-0.2, 0) is 6.54 Å². The van der Waals surface area contributed by atoms with E-state index in [1.54, 1.807) is 6.07 Å². The molecule has 3 heterocycles. The van der Waals surface area contributed by atoms with Crippen LogP contribution in [-0.4, -0.2) is 53.1 Å². The molecule has 0 bridgehead atoms. The highest BCUT2D eigenvalue weighted by molar-refractivity contribution is 5.75. The van der Waals surface area contributed by atoms with Gasteiger partial charge >= 0.3 is 6.03 Å². The molecule has 0 spiro atoms. The van der Waals surface area contributed by atoms with Gasteiger partial charge in [-0.15, -0.1) is 0 Å². The van der Waals surface area contributed by atoms with Crippen molar-refractivity contribution in [1.29, 1.82) is 0 Å². The third-order valence-electron chi connectivity index (χ3n) is 8.68. The van der Waals surface area contributed by atoms with Crippen molar-refractivity contribution in [3.8, 4) is 11.1 Å². The maximum absolute atomic E-state index is 13.9. The van der Waals surface area contributed by atoms with Gasteiger partial charge in [0.05, 0.1) is 6.04 Å². The molecule has 38 heavy (non-hydrogen) atoms. The summed E-state index contributed by atoms with van der Waals surface area (Å²) >= 11 is 0. The van der Waals surface area contributed by atoms with Gasteiger partial charge in [0, 0.05) is 44.5 Å². The lowest BCUT2D eigenvalue weighted by Gasteiger charge is -2.48. The van der Waals surface area contributed by atoms with Crippen LogP contribution in [0.1, 0.15) is 44.7 Å². The highest BCUT2D eigenvalue weighted by Gasteiger charge is 2.41. The third-order valence-corrected chi connectivity index (χ3v) is 8.68. The molecule has 6 nitrogen and oxygen atoms in total. The molecule has 200 valence electrons. The topological polar surface area (TPSA) is 57.6 Å².